The van der Waals surface area contributed by atoms with Crippen molar-refractivity contribution >= 4 is 0 Å². The van der Waals surface area contributed by atoms with Crippen molar-refractivity contribution in [3.8, 4) is 11.1 Å². The molecule has 3 rings (SSSR count). The van der Waals surface area contributed by atoms with E-state index in [4.69, 9.17) is 0 Å². The van der Waals surface area contributed by atoms with Crippen LogP contribution in [0.5, 0.6) is 0 Å². The molecule has 28 heavy (non-hydrogen) atoms. The van der Waals surface area contributed by atoms with Gasteiger partial charge in [0.05, 0.1) is 0 Å². The van der Waals surface area contributed by atoms with Crippen LogP contribution >= 0.6 is 0 Å². The Bertz CT molecular complexity index is 804. The molecule has 1 aliphatic rings. The molecular weight excluding hydrogens is 357 g/mol. The second-order valence-corrected chi connectivity index (χ2v) is 8.78. The molecule has 152 valence electrons. The van der Waals surface area contributed by atoms with E-state index >= 15 is 0 Å². The van der Waals surface area contributed by atoms with Gasteiger partial charge in [0.25, 0.3) is 0 Å². The van der Waals surface area contributed by atoms with Crippen LogP contribution in [0.15, 0.2) is 30.3 Å². The molecule has 1 atom stereocenters. The Morgan fingerprint density at radius 3 is 2.14 bits per heavy atom. The van der Waals surface area contributed by atoms with Gasteiger partial charge in [0.1, 0.15) is 5.82 Å². The van der Waals surface area contributed by atoms with Crippen molar-refractivity contribution in [3.63, 3.8) is 0 Å². The highest BCUT2D eigenvalue weighted by Gasteiger charge is 2.22. The standard InChI is InChI=1S/C25H31F3/c1-16(2)9-10-17(3)20-13-14-22(25(28)24(20)27)21-12-11-19(15-23(21)26)18-7-5-4-6-8-18/h11-18H,4-10H2,1-3H3. The number of hydrogen-bond acceptors (Lipinski definition) is 0. The number of benzene rings is 2. The predicted molar refractivity (Wildman–Crippen MR) is 110 cm³/mol. The maximum atomic E-state index is 14.8. The van der Waals surface area contributed by atoms with Crippen molar-refractivity contribution in [2.75, 3.05) is 0 Å². The third-order valence-electron chi connectivity index (χ3n) is 6.18. The third-order valence-corrected chi connectivity index (χ3v) is 6.18. The Morgan fingerprint density at radius 2 is 1.50 bits per heavy atom. The van der Waals surface area contributed by atoms with Crippen LogP contribution in [-0.2, 0) is 0 Å². The number of rotatable bonds is 6. The minimum absolute atomic E-state index is 0.00463. The minimum atomic E-state index is -0.946. The van der Waals surface area contributed by atoms with E-state index in [0.717, 1.165) is 31.2 Å². The van der Waals surface area contributed by atoms with Crippen LogP contribution < -0.4 is 0 Å². The van der Waals surface area contributed by atoms with Gasteiger partial charge >= 0.3 is 0 Å². The molecule has 1 unspecified atom stereocenters. The van der Waals surface area contributed by atoms with Crippen LogP contribution in [0.3, 0.4) is 0 Å². The summed E-state index contributed by atoms with van der Waals surface area (Å²) in [5, 5.41) is 0. The van der Waals surface area contributed by atoms with Gasteiger partial charge in [-0.25, -0.2) is 13.2 Å². The van der Waals surface area contributed by atoms with E-state index in [1.165, 1.54) is 31.4 Å². The first-order valence-electron chi connectivity index (χ1n) is 10.7. The highest BCUT2D eigenvalue weighted by molar-refractivity contribution is 5.66. The van der Waals surface area contributed by atoms with Gasteiger partial charge in [-0.3, -0.25) is 0 Å². The summed E-state index contributed by atoms with van der Waals surface area (Å²) in [5.41, 5.74) is 1.49. The molecule has 0 heterocycles. The van der Waals surface area contributed by atoms with Crippen LogP contribution in [0.1, 0.15) is 88.7 Å². The van der Waals surface area contributed by atoms with Gasteiger partial charge in [-0.05, 0) is 54.2 Å². The lowest BCUT2D eigenvalue weighted by molar-refractivity contribution is 0.442. The van der Waals surface area contributed by atoms with Gasteiger partial charge in [0, 0.05) is 11.1 Å². The highest BCUT2D eigenvalue weighted by atomic mass is 19.2. The Kier molecular flexibility index (Phi) is 6.85. The van der Waals surface area contributed by atoms with Gasteiger partial charge < -0.3 is 0 Å². The summed E-state index contributed by atoms with van der Waals surface area (Å²) in [6, 6.07) is 8.15. The van der Waals surface area contributed by atoms with Gasteiger partial charge in [0.2, 0.25) is 0 Å². The molecule has 0 aliphatic heterocycles. The molecule has 3 heteroatoms. The van der Waals surface area contributed by atoms with Crippen molar-refractivity contribution in [1.29, 1.82) is 0 Å². The van der Waals surface area contributed by atoms with E-state index < -0.39 is 17.5 Å². The molecular formula is C25H31F3. The second-order valence-electron chi connectivity index (χ2n) is 8.78. The third kappa shape index (κ3) is 4.61. The van der Waals surface area contributed by atoms with E-state index in [-0.39, 0.29) is 17.0 Å². The molecule has 2 aromatic rings. The Hall–Kier alpha value is -1.77. The van der Waals surface area contributed by atoms with Crippen LogP contribution in [0.2, 0.25) is 0 Å². The van der Waals surface area contributed by atoms with Crippen molar-refractivity contribution in [3.05, 3.63) is 58.9 Å². The van der Waals surface area contributed by atoms with Crippen molar-refractivity contribution in [2.24, 2.45) is 5.92 Å². The maximum absolute atomic E-state index is 14.8. The van der Waals surface area contributed by atoms with E-state index in [2.05, 4.69) is 13.8 Å². The van der Waals surface area contributed by atoms with Crippen LogP contribution in [0, 0.1) is 23.4 Å². The Balaban J connectivity index is 1.86. The summed E-state index contributed by atoms with van der Waals surface area (Å²) < 4.78 is 44.3. The number of halogens is 3. The maximum Gasteiger partial charge on any atom is 0.167 e. The zero-order chi connectivity index (χ0) is 20.3. The fourth-order valence-electron chi connectivity index (χ4n) is 4.33. The van der Waals surface area contributed by atoms with Gasteiger partial charge in [-0.2, -0.15) is 0 Å². The molecule has 0 N–H and O–H groups in total. The number of hydrogen-bond donors (Lipinski definition) is 0. The van der Waals surface area contributed by atoms with E-state index in [1.54, 1.807) is 12.1 Å². The normalized spacial score (nSPS) is 16.5. The average molecular weight is 389 g/mol. The SMILES string of the molecule is CC(C)CCC(C)c1ccc(-c2ccc(C3CCCCC3)cc2F)c(F)c1F. The van der Waals surface area contributed by atoms with E-state index in [1.807, 2.05) is 13.0 Å². The van der Waals surface area contributed by atoms with Crippen LogP contribution in [0.4, 0.5) is 13.2 Å². The highest BCUT2D eigenvalue weighted by Crippen LogP contribution is 2.36. The van der Waals surface area contributed by atoms with Crippen molar-refractivity contribution < 1.29 is 13.2 Å². The largest absolute Gasteiger partial charge is 0.206 e. The molecule has 0 bridgehead atoms. The van der Waals surface area contributed by atoms with Gasteiger partial charge in [-0.15, -0.1) is 0 Å². The van der Waals surface area contributed by atoms with Crippen LogP contribution in [0.25, 0.3) is 11.1 Å². The summed E-state index contributed by atoms with van der Waals surface area (Å²) >= 11 is 0. The molecule has 0 saturated heterocycles. The quantitative estimate of drug-likeness (QED) is 0.466. The summed E-state index contributed by atoms with van der Waals surface area (Å²) in [7, 11) is 0. The summed E-state index contributed by atoms with van der Waals surface area (Å²) in [6.45, 7) is 6.15. The molecule has 0 nitrogen and oxygen atoms in total. The Labute approximate surface area is 167 Å². The summed E-state index contributed by atoms with van der Waals surface area (Å²) in [6.07, 6.45) is 7.49. The second kappa shape index (κ2) is 9.15. The van der Waals surface area contributed by atoms with E-state index in [9.17, 15) is 13.2 Å². The Morgan fingerprint density at radius 1 is 0.821 bits per heavy atom. The lowest BCUT2D eigenvalue weighted by Gasteiger charge is -2.22. The summed E-state index contributed by atoms with van der Waals surface area (Å²) in [4.78, 5) is 0. The minimum Gasteiger partial charge on any atom is -0.206 e. The zero-order valence-electron chi connectivity index (χ0n) is 17.2. The van der Waals surface area contributed by atoms with Gasteiger partial charge in [0.15, 0.2) is 11.6 Å². The lowest BCUT2D eigenvalue weighted by atomic mass is 9.83. The monoisotopic (exact) mass is 388 g/mol. The van der Waals surface area contributed by atoms with Gasteiger partial charge in [-0.1, -0.05) is 70.7 Å². The molecule has 0 radical (unpaired) electrons. The molecule has 1 aliphatic carbocycles. The average Bonchev–Trinajstić information content (AvgIpc) is 2.69. The topological polar surface area (TPSA) is 0 Å². The molecule has 0 amide bonds. The van der Waals surface area contributed by atoms with Crippen molar-refractivity contribution in [2.45, 2.75) is 77.6 Å². The van der Waals surface area contributed by atoms with Crippen LogP contribution in [-0.4, -0.2) is 0 Å². The first-order chi connectivity index (χ1) is 13.4. The fraction of sp³-hybridized carbons (Fsp3) is 0.520. The van der Waals surface area contributed by atoms with Crippen molar-refractivity contribution in [1.82, 2.24) is 0 Å². The predicted octanol–water partition coefficient (Wildman–Crippen LogP) is 8.36. The fourth-order valence-corrected chi connectivity index (χ4v) is 4.33. The lowest BCUT2D eigenvalue weighted by Crippen LogP contribution is -2.06. The first-order valence-corrected chi connectivity index (χ1v) is 10.7. The molecule has 1 saturated carbocycles. The smallest absolute Gasteiger partial charge is 0.167 e. The van der Waals surface area contributed by atoms with E-state index in [0.29, 0.717) is 17.4 Å². The molecule has 2 aromatic carbocycles. The first kappa shape index (κ1) is 21.0. The molecule has 0 spiro atoms. The zero-order valence-corrected chi connectivity index (χ0v) is 17.2. The molecule has 1 fully saturated rings. The summed E-state index contributed by atoms with van der Waals surface area (Å²) in [5.74, 6) is -1.43. The molecule has 0 aromatic heterocycles.